The molecule has 0 aliphatic carbocycles. The molecule has 0 fully saturated rings. The van der Waals surface area contributed by atoms with E-state index in [-0.39, 0.29) is 124 Å². The van der Waals surface area contributed by atoms with E-state index in [2.05, 4.69) is 0 Å². The fourth-order valence-electron chi connectivity index (χ4n) is 0. The third-order valence-electron chi connectivity index (χ3n) is 0. The standard InChI is InChI=1S/Ba.Na.H3O4P.Sr/c;;1-5(2,3)4;/h;;(H3,1,2,3,4);/q+2;+1;;+2/p-3. The average molecular weight is 343 g/mol. The Kier molecular flexibility index (Phi) is 31.7. The zero-order chi connectivity index (χ0) is 4.50. The Bertz CT molecular complexity index is 62.2. The monoisotopic (exact) mass is 344 g/mol. The molecular weight excluding hydrogens is 343 g/mol. The number of hydrogen-bond acceptors (Lipinski definition) is 4. The molecule has 0 aromatic carbocycles. The van der Waals surface area contributed by atoms with Crippen molar-refractivity contribution in [3.8, 4) is 0 Å². The van der Waals surface area contributed by atoms with Crippen LogP contribution in [0.15, 0.2) is 0 Å². The van der Waals surface area contributed by atoms with E-state index in [1.54, 1.807) is 0 Å². The van der Waals surface area contributed by atoms with Gasteiger partial charge in [-0.15, -0.1) is 0 Å². The molecule has 4 nitrogen and oxygen atoms in total. The van der Waals surface area contributed by atoms with Crippen molar-refractivity contribution in [2.75, 3.05) is 0 Å². The van der Waals surface area contributed by atoms with Gasteiger partial charge in [-0.25, -0.2) is 0 Å². The van der Waals surface area contributed by atoms with Crippen LogP contribution in [0.2, 0.25) is 0 Å². The van der Waals surface area contributed by atoms with Gasteiger partial charge in [-0.3, -0.25) is 0 Å². The predicted molar refractivity (Wildman–Crippen MR) is 19.1 cm³/mol. The molecule has 8 heavy (non-hydrogen) atoms. The smallest absolute Gasteiger partial charge is 0.822 e. The van der Waals surface area contributed by atoms with Crippen LogP contribution in [0.3, 0.4) is 0 Å². The van der Waals surface area contributed by atoms with E-state index in [1.807, 2.05) is 0 Å². The summed E-state index contributed by atoms with van der Waals surface area (Å²) in [5.74, 6) is 0. The van der Waals surface area contributed by atoms with Crippen molar-refractivity contribution < 1.29 is 48.8 Å². The van der Waals surface area contributed by atoms with Crippen LogP contribution in [-0.4, -0.2) is 94.4 Å². The van der Waals surface area contributed by atoms with Gasteiger partial charge in [-0.05, 0) is 0 Å². The molecule has 0 heterocycles. The van der Waals surface area contributed by atoms with Gasteiger partial charge in [-0.2, -0.15) is 7.82 Å². The second kappa shape index (κ2) is 11.2. The minimum absolute atomic E-state index is 0. The minimum Gasteiger partial charge on any atom is -0.822 e. The van der Waals surface area contributed by atoms with Gasteiger partial charge in [0.05, 0.1) is 0 Å². The summed E-state index contributed by atoms with van der Waals surface area (Å²) in [5, 5.41) is 0. The van der Waals surface area contributed by atoms with Gasteiger partial charge in [0, 0.05) is 0 Å². The van der Waals surface area contributed by atoms with Crippen molar-refractivity contribution in [2.45, 2.75) is 0 Å². The quantitative estimate of drug-likeness (QED) is 0.323. The SMILES string of the molecule is O=P([O-])([O-])[O-].[Ba+2].[Na+].[Sr+2]. The van der Waals surface area contributed by atoms with Gasteiger partial charge in [0.2, 0.25) is 0 Å². The normalized spacial score (nSPS) is 7.38. The summed E-state index contributed by atoms with van der Waals surface area (Å²) in [7, 11) is -5.39. The van der Waals surface area contributed by atoms with Gasteiger partial charge >= 0.3 is 124 Å². The van der Waals surface area contributed by atoms with Gasteiger partial charge < -0.3 is 19.2 Å². The molecular formula is BaNaO4PSr+2. The Morgan fingerprint density at radius 2 is 1.12 bits per heavy atom. The maximum atomic E-state index is 8.55. The van der Waals surface area contributed by atoms with Crippen molar-refractivity contribution in [1.82, 2.24) is 0 Å². The third kappa shape index (κ3) is 49.2. The van der Waals surface area contributed by atoms with Crippen LogP contribution in [-0.2, 0) is 4.57 Å². The molecule has 0 bridgehead atoms. The number of phosphoric acid groups is 1. The molecule has 8 heteroatoms. The van der Waals surface area contributed by atoms with Crippen molar-refractivity contribution in [3.63, 3.8) is 0 Å². The molecule has 0 aliphatic heterocycles. The first-order valence-corrected chi connectivity index (χ1v) is 2.19. The van der Waals surface area contributed by atoms with Crippen molar-refractivity contribution in [2.24, 2.45) is 0 Å². The first kappa shape index (κ1) is 22.7. The largest absolute Gasteiger partial charge is 2.00 e. The summed E-state index contributed by atoms with van der Waals surface area (Å²) in [5.41, 5.74) is 0. The van der Waals surface area contributed by atoms with E-state index >= 15 is 0 Å². The van der Waals surface area contributed by atoms with Crippen LogP contribution in [0.4, 0.5) is 0 Å². The zero-order valence-corrected chi connectivity index (χ0v) is 15.3. The average Bonchev–Trinajstić information content (AvgIpc) is 0.722. The Hall–Kier alpha value is 4.16. The van der Waals surface area contributed by atoms with E-state index in [9.17, 15) is 0 Å². The Morgan fingerprint density at radius 1 is 1.12 bits per heavy atom. The van der Waals surface area contributed by atoms with Crippen molar-refractivity contribution in [3.05, 3.63) is 0 Å². The second-order valence-electron chi connectivity index (χ2n) is 0.447. The van der Waals surface area contributed by atoms with Crippen LogP contribution in [0, 0.1) is 0 Å². The van der Waals surface area contributed by atoms with E-state index in [0.29, 0.717) is 0 Å². The molecule has 0 aromatic rings. The summed E-state index contributed by atoms with van der Waals surface area (Å²) >= 11 is 0. The maximum Gasteiger partial charge on any atom is 2.00 e. The van der Waals surface area contributed by atoms with Gasteiger partial charge in [0.15, 0.2) is 0 Å². The Morgan fingerprint density at radius 3 is 1.12 bits per heavy atom. The molecule has 0 saturated carbocycles. The predicted octanol–water partition coefficient (Wildman–Crippen LogP) is -6.58. The molecule has 0 spiro atoms. The van der Waals surface area contributed by atoms with E-state index in [1.165, 1.54) is 0 Å². The molecule has 0 rings (SSSR count). The molecule has 0 N–H and O–H groups in total. The fourth-order valence-corrected chi connectivity index (χ4v) is 0. The van der Waals surface area contributed by atoms with E-state index < -0.39 is 7.82 Å². The van der Waals surface area contributed by atoms with Crippen LogP contribution >= 0.6 is 7.82 Å². The van der Waals surface area contributed by atoms with Gasteiger partial charge in [0.25, 0.3) is 0 Å². The van der Waals surface area contributed by atoms with Crippen LogP contribution < -0.4 is 44.2 Å². The summed E-state index contributed by atoms with van der Waals surface area (Å²) in [6, 6.07) is 0. The van der Waals surface area contributed by atoms with Gasteiger partial charge in [0.1, 0.15) is 0 Å². The Balaban J connectivity index is -0.0000000267. The van der Waals surface area contributed by atoms with Gasteiger partial charge in [-0.1, -0.05) is 0 Å². The molecule has 32 valence electrons. The number of rotatable bonds is 0. The second-order valence-corrected chi connectivity index (χ2v) is 1.34. The topological polar surface area (TPSA) is 86.2 Å². The first-order chi connectivity index (χ1) is 2.00. The van der Waals surface area contributed by atoms with E-state index in [0.717, 1.165) is 0 Å². The van der Waals surface area contributed by atoms with Crippen LogP contribution in [0.5, 0.6) is 0 Å². The molecule has 0 aliphatic rings. The van der Waals surface area contributed by atoms with Crippen LogP contribution in [0.1, 0.15) is 0 Å². The van der Waals surface area contributed by atoms with Crippen molar-refractivity contribution in [1.29, 1.82) is 0 Å². The Labute approximate surface area is 147 Å². The number of hydrogen-bond donors (Lipinski definition) is 0. The molecule has 0 atom stereocenters. The van der Waals surface area contributed by atoms with E-state index in [4.69, 9.17) is 19.2 Å². The molecule has 0 unspecified atom stereocenters. The maximum absolute atomic E-state index is 8.55. The summed E-state index contributed by atoms with van der Waals surface area (Å²) in [4.78, 5) is 25.6. The summed E-state index contributed by atoms with van der Waals surface area (Å²) in [6.07, 6.45) is 0. The summed E-state index contributed by atoms with van der Waals surface area (Å²) in [6.45, 7) is 0. The third-order valence-corrected chi connectivity index (χ3v) is 0. The molecule has 0 saturated heterocycles. The zero-order valence-electron chi connectivity index (χ0n) is 4.49. The van der Waals surface area contributed by atoms with Crippen molar-refractivity contribution >= 4 is 102 Å². The fraction of sp³-hybridized carbons (Fsp3) is 0. The summed E-state index contributed by atoms with van der Waals surface area (Å²) < 4.78 is 8.55. The van der Waals surface area contributed by atoms with Crippen LogP contribution in [0.25, 0.3) is 0 Å². The first-order valence-electron chi connectivity index (χ1n) is 0.730. The molecule has 0 aromatic heterocycles. The minimum atomic E-state index is -5.39. The molecule has 0 radical (unpaired) electrons. The molecule has 0 amide bonds.